The van der Waals surface area contributed by atoms with Gasteiger partial charge in [-0.2, -0.15) is 0 Å². The maximum atomic E-state index is 13.3. The average Bonchev–Trinajstić information content (AvgIpc) is 2.95. The minimum Gasteiger partial charge on any atom is -0.398 e. The summed E-state index contributed by atoms with van der Waals surface area (Å²) in [6, 6.07) is 11.9. The van der Waals surface area contributed by atoms with Gasteiger partial charge in [-0.3, -0.25) is 24.5 Å². The van der Waals surface area contributed by atoms with Gasteiger partial charge in [-0.05, 0) is 43.0 Å². The number of hydrogen-bond donors (Lipinski definition) is 2. The lowest BCUT2D eigenvalue weighted by Gasteiger charge is -2.32. The summed E-state index contributed by atoms with van der Waals surface area (Å²) < 4.78 is 5.79. The molecule has 0 bridgehead atoms. The Morgan fingerprint density at radius 1 is 1.28 bits per heavy atom. The molecule has 1 fully saturated rings. The molecule has 0 aliphatic carbocycles. The molecule has 2 aromatic rings. The van der Waals surface area contributed by atoms with Crippen LogP contribution in [0.2, 0.25) is 0 Å². The minimum atomic E-state index is -0.0452. The number of carbonyl (C=O) groups excluding carboxylic acids is 2. The van der Waals surface area contributed by atoms with Gasteiger partial charge in [-0.25, -0.2) is 0 Å². The second-order valence-corrected chi connectivity index (χ2v) is 9.95. The molecule has 1 aromatic carbocycles. The van der Waals surface area contributed by atoms with Gasteiger partial charge in [0.1, 0.15) is 5.69 Å². The number of nitrogens with one attached hydrogen (secondary N) is 1. The first-order valence-electron chi connectivity index (χ1n) is 13.6. The fourth-order valence-electron chi connectivity index (χ4n) is 4.85. The first kappa shape index (κ1) is 28.1. The number of aromatic amines is 1. The number of hydrogen-bond acceptors (Lipinski definition) is 6. The predicted molar refractivity (Wildman–Crippen MR) is 152 cm³/mol. The van der Waals surface area contributed by atoms with Gasteiger partial charge in [0.2, 0.25) is 11.8 Å². The van der Waals surface area contributed by atoms with E-state index >= 15 is 0 Å². The average molecular weight is 531 g/mol. The minimum absolute atomic E-state index is 0.00830. The van der Waals surface area contributed by atoms with Gasteiger partial charge >= 0.3 is 0 Å². The van der Waals surface area contributed by atoms with Gasteiger partial charge in [-0.1, -0.05) is 25.1 Å². The van der Waals surface area contributed by atoms with Crippen LogP contribution in [0, 0.1) is 12.1 Å². The van der Waals surface area contributed by atoms with E-state index < -0.39 is 0 Å². The molecular formula is C30H38N6O3. The number of H-pyrrole nitrogens is 1. The number of anilines is 1. The summed E-state index contributed by atoms with van der Waals surface area (Å²) in [6.07, 6.45) is 4.62. The summed E-state index contributed by atoms with van der Waals surface area (Å²) in [4.78, 5) is 40.9. The number of piperidine rings is 1. The van der Waals surface area contributed by atoms with Gasteiger partial charge in [0, 0.05) is 75.4 Å². The molecule has 206 valence electrons. The Kier molecular flexibility index (Phi) is 9.20. The zero-order valence-corrected chi connectivity index (χ0v) is 23.3. The second kappa shape index (κ2) is 12.8. The fourth-order valence-corrected chi connectivity index (χ4v) is 4.85. The predicted octanol–water partition coefficient (Wildman–Crippen LogP) is 2.80. The molecule has 39 heavy (non-hydrogen) atoms. The Morgan fingerprint density at radius 2 is 2.10 bits per heavy atom. The van der Waals surface area contributed by atoms with Crippen LogP contribution in [0.5, 0.6) is 0 Å². The van der Waals surface area contributed by atoms with E-state index in [4.69, 9.17) is 15.5 Å². The Bertz CT molecular complexity index is 1320. The fraction of sp³-hybridized carbons (Fsp3) is 0.467. The molecule has 0 radical (unpaired) electrons. The van der Waals surface area contributed by atoms with Crippen LogP contribution in [0.4, 0.5) is 5.69 Å². The Balaban J connectivity index is 1.62. The van der Waals surface area contributed by atoms with E-state index in [1.807, 2.05) is 18.2 Å². The maximum absolute atomic E-state index is 13.3. The molecule has 0 saturated carbocycles. The first-order valence-corrected chi connectivity index (χ1v) is 13.6. The molecule has 1 unspecified atom stereocenters. The number of benzene rings is 1. The monoisotopic (exact) mass is 530 g/mol. The van der Waals surface area contributed by atoms with Crippen LogP contribution in [-0.2, 0) is 27.3 Å². The maximum Gasteiger partial charge on any atom is 0.232 e. The number of nitrogens with zero attached hydrogens (tertiary/aromatic N) is 4. The number of aromatic nitrogens is 1. The molecule has 2 aliphatic rings. The Labute approximate surface area is 230 Å². The zero-order chi connectivity index (χ0) is 27.9. The lowest BCUT2D eigenvalue weighted by Crippen LogP contribution is -2.40. The summed E-state index contributed by atoms with van der Waals surface area (Å²) in [6.45, 7) is 8.48. The van der Waals surface area contributed by atoms with Crippen molar-refractivity contribution in [3.8, 4) is 0 Å². The van der Waals surface area contributed by atoms with Crippen LogP contribution in [-0.4, -0.2) is 66.8 Å². The molecule has 9 heteroatoms. The summed E-state index contributed by atoms with van der Waals surface area (Å²) >= 11 is 0. The van der Waals surface area contributed by atoms with E-state index in [9.17, 15) is 9.59 Å². The number of ether oxygens (including phenoxy) is 1. The van der Waals surface area contributed by atoms with Crippen molar-refractivity contribution in [1.82, 2.24) is 9.88 Å². The van der Waals surface area contributed by atoms with Gasteiger partial charge in [0.25, 0.3) is 0 Å². The lowest BCUT2D eigenvalue weighted by atomic mass is 9.89. The van der Waals surface area contributed by atoms with Crippen molar-refractivity contribution < 1.29 is 14.3 Å². The number of amides is 2. The number of carbonyl (C=O) groups is 2. The highest BCUT2D eigenvalue weighted by atomic mass is 16.5. The highest BCUT2D eigenvalue weighted by Gasteiger charge is 2.29. The van der Waals surface area contributed by atoms with Gasteiger partial charge < -0.3 is 20.4 Å². The topological polar surface area (TPSA) is 116 Å². The van der Waals surface area contributed by atoms with Gasteiger partial charge in [-0.15, -0.1) is 0 Å². The van der Waals surface area contributed by atoms with E-state index in [-0.39, 0.29) is 24.3 Å². The van der Waals surface area contributed by atoms with E-state index in [1.54, 1.807) is 30.0 Å². The number of fused-ring (bicyclic) bond motifs is 1. The van der Waals surface area contributed by atoms with Crippen LogP contribution in [0.1, 0.15) is 56.7 Å². The van der Waals surface area contributed by atoms with Crippen molar-refractivity contribution in [3.05, 3.63) is 64.3 Å². The van der Waals surface area contributed by atoms with E-state index in [2.05, 4.69) is 36.0 Å². The molecule has 9 nitrogen and oxygen atoms in total. The third-order valence-corrected chi connectivity index (χ3v) is 7.36. The van der Waals surface area contributed by atoms with Crippen LogP contribution in [0.3, 0.4) is 0 Å². The molecular weight excluding hydrogens is 492 g/mol. The highest BCUT2D eigenvalue weighted by Crippen LogP contribution is 2.31. The van der Waals surface area contributed by atoms with E-state index in [0.717, 1.165) is 40.8 Å². The van der Waals surface area contributed by atoms with Crippen LogP contribution < -0.4 is 16.1 Å². The number of nitrogens with two attached hydrogens (primary N) is 1. The molecule has 3 heterocycles. The number of rotatable bonds is 8. The van der Waals surface area contributed by atoms with Crippen molar-refractivity contribution in [2.75, 3.05) is 38.2 Å². The number of likely N-dealkylation sites (tertiary alicyclic amines) is 1. The third kappa shape index (κ3) is 6.58. The molecule has 2 aliphatic heterocycles. The quantitative estimate of drug-likeness (QED) is 0.511. The van der Waals surface area contributed by atoms with Crippen LogP contribution >= 0.6 is 0 Å². The SMILES string of the molecule is CCC(C)OCCCN=C1CCN(C(C)=O)CC1=C(N)c1cccc2c1CC(=O)N(c1c#cc(=NC)[nH]c1)C2. The summed E-state index contributed by atoms with van der Waals surface area (Å²) in [5.41, 5.74) is 13.2. The van der Waals surface area contributed by atoms with Crippen LogP contribution in [0.15, 0.2) is 40.0 Å². The lowest BCUT2D eigenvalue weighted by molar-refractivity contribution is -0.128. The van der Waals surface area contributed by atoms with E-state index in [0.29, 0.717) is 56.1 Å². The standard InChI is InChI=1S/C30H38N6O3/c1-5-20(2)39-15-7-13-33-27-12-14-35(21(3)37)19-26(27)30(31)24-9-6-8-22-18-36(29(38)16-25(22)24)23-10-11-28(32-4)34-17-23/h6,8-9,17,20H,5,7,12-16,18-19,31H2,1-4H3,(H,32,34). The summed E-state index contributed by atoms with van der Waals surface area (Å²) in [5.74, 6) is -0.0369. The summed E-state index contributed by atoms with van der Waals surface area (Å²) in [5, 5.41) is 0. The molecule has 1 saturated heterocycles. The third-order valence-electron chi connectivity index (χ3n) is 7.36. The largest absolute Gasteiger partial charge is 0.398 e. The normalized spacial score (nSPS) is 19.1. The number of aliphatic imine (C=N–C) groups is 1. The smallest absolute Gasteiger partial charge is 0.232 e. The van der Waals surface area contributed by atoms with Crippen LogP contribution in [0.25, 0.3) is 5.70 Å². The van der Waals surface area contributed by atoms with E-state index in [1.165, 1.54) is 0 Å². The van der Waals surface area contributed by atoms with Crippen molar-refractivity contribution in [2.24, 2.45) is 15.7 Å². The Hall–Kier alpha value is -3.90. The summed E-state index contributed by atoms with van der Waals surface area (Å²) in [7, 11) is 1.67. The highest BCUT2D eigenvalue weighted by molar-refractivity contribution is 6.08. The molecule has 0 spiro atoms. The molecule has 3 N–H and O–H groups in total. The van der Waals surface area contributed by atoms with Gasteiger partial charge in [0.05, 0.1) is 19.1 Å². The van der Waals surface area contributed by atoms with Crippen molar-refractivity contribution in [3.63, 3.8) is 0 Å². The van der Waals surface area contributed by atoms with Crippen molar-refractivity contribution >= 4 is 28.9 Å². The molecule has 1 atom stereocenters. The van der Waals surface area contributed by atoms with Crippen molar-refractivity contribution in [2.45, 2.75) is 59.1 Å². The zero-order valence-electron chi connectivity index (χ0n) is 23.3. The first-order chi connectivity index (χ1) is 18.8. The molecule has 1 aromatic heterocycles. The molecule has 2 amide bonds. The van der Waals surface area contributed by atoms with Crippen molar-refractivity contribution in [1.29, 1.82) is 0 Å². The Morgan fingerprint density at radius 3 is 2.79 bits per heavy atom. The second-order valence-electron chi connectivity index (χ2n) is 9.95. The molecule has 4 rings (SSSR count). The van der Waals surface area contributed by atoms with Gasteiger partial charge in [0.15, 0.2) is 5.49 Å².